The number of hydrogen-bond donors (Lipinski definition) is 4. The summed E-state index contributed by atoms with van der Waals surface area (Å²) in [7, 11) is 12.2. The number of rotatable bonds is 5. The third kappa shape index (κ3) is 3.72. The normalized spacial score (nSPS) is 31.1. The Hall–Kier alpha value is -1.70. The van der Waals surface area contributed by atoms with E-state index >= 15 is 4.39 Å². The summed E-state index contributed by atoms with van der Waals surface area (Å²) in [6, 6.07) is 9.18. The lowest BCUT2D eigenvalue weighted by molar-refractivity contribution is -0.232. The van der Waals surface area contributed by atoms with Crippen molar-refractivity contribution >= 4 is 15.7 Å². The summed E-state index contributed by atoms with van der Waals surface area (Å²) in [5, 5.41) is 39.4. The van der Waals surface area contributed by atoms with Crippen LogP contribution in [0.5, 0.6) is 0 Å². The predicted molar refractivity (Wildman–Crippen MR) is 117 cm³/mol. The van der Waals surface area contributed by atoms with Crippen LogP contribution in [0.2, 0.25) is 0 Å². The molecule has 8 heteroatoms. The van der Waals surface area contributed by atoms with Gasteiger partial charge in [-0.1, -0.05) is 29.0 Å². The van der Waals surface area contributed by atoms with Crippen LogP contribution in [0, 0.1) is 5.82 Å². The van der Waals surface area contributed by atoms with Crippen molar-refractivity contribution in [1.82, 2.24) is 0 Å². The minimum absolute atomic E-state index is 0.0947. The van der Waals surface area contributed by atoms with Crippen molar-refractivity contribution in [1.29, 1.82) is 0 Å². The first kappa shape index (κ1) is 22.1. The number of aliphatic hydroxyl groups is 4. The third-order valence-electron chi connectivity index (χ3n) is 7.03. The van der Waals surface area contributed by atoms with Gasteiger partial charge in [0, 0.05) is 5.56 Å². The largest absolute Gasteiger partial charge is 0.394 e. The molecule has 164 valence electrons. The van der Waals surface area contributed by atoms with Gasteiger partial charge in [0.1, 0.15) is 36.3 Å². The Balaban J connectivity index is 1.51. The second kappa shape index (κ2) is 7.96. The van der Waals surface area contributed by atoms with Crippen molar-refractivity contribution in [3.8, 4) is 0 Å². The van der Waals surface area contributed by atoms with Crippen LogP contribution >= 0.6 is 0 Å². The summed E-state index contributed by atoms with van der Waals surface area (Å²) in [5.74, 6) is -0.252. The summed E-state index contributed by atoms with van der Waals surface area (Å²) in [5.41, 5.74) is 4.96. The fourth-order valence-corrected chi connectivity index (χ4v) is 5.00. The zero-order valence-corrected chi connectivity index (χ0v) is 17.6. The molecule has 0 bridgehead atoms. The molecule has 0 amide bonds. The number of fused-ring (bicyclic) bond motifs is 1. The number of halogens is 1. The first-order valence-corrected chi connectivity index (χ1v) is 11.0. The molecule has 32 heavy (non-hydrogen) atoms. The molecule has 1 saturated carbocycles. The number of ether oxygens (including phenoxy) is 1. The fraction of sp³-hybridized carbons (Fsp3) is 0.500. The smallest absolute Gasteiger partial charge is 0.129 e. The average Bonchev–Trinajstić information content (AvgIpc) is 3.59. The van der Waals surface area contributed by atoms with Gasteiger partial charge in [0.05, 0.1) is 22.3 Å². The molecule has 5 nitrogen and oxygen atoms in total. The molecule has 0 unspecified atom stereocenters. The molecule has 2 aromatic rings. The Bertz CT molecular complexity index is 1040. The topological polar surface area (TPSA) is 90.2 Å². The second-order valence-electron chi connectivity index (χ2n) is 9.48. The van der Waals surface area contributed by atoms with Crippen molar-refractivity contribution in [2.24, 2.45) is 0 Å². The van der Waals surface area contributed by atoms with Crippen LogP contribution in [0.3, 0.4) is 0 Å². The molecule has 2 aromatic carbocycles. The zero-order chi connectivity index (χ0) is 22.8. The van der Waals surface area contributed by atoms with Gasteiger partial charge in [0.2, 0.25) is 0 Å². The molecule has 4 radical (unpaired) electrons. The Kier molecular flexibility index (Phi) is 5.50. The molecule has 3 aliphatic rings. The molecular formula is C24H25B2FO5. The van der Waals surface area contributed by atoms with E-state index in [9.17, 15) is 20.4 Å². The van der Waals surface area contributed by atoms with Crippen LogP contribution < -0.4 is 0 Å². The van der Waals surface area contributed by atoms with Crippen LogP contribution in [-0.4, -0.2) is 67.1 Å². The maximum absolute atomic E-state index is 15.2. The van der Waals surface area contributed by atoms with Gasteiger partial charge < -0.3 is 25.2 Å². The van der Waals surface area contributed by atoms with Crippen molar-refractivity contribution in [2.45, 2.75) is 67.3 Å². The average molecular weight is 434 g/mol. The third-order valence-corrected chi connectivity index (χ3v) is 7.03. The fourth-order valence-electron chi connectivity index (χ4n) is 5.00. The quantitative estimate of drug-likeness (QED) is 0.525. The molecule has 2 aliphatic carbocycles. The zero-order valence-electron chi connectivity index (χ0n) is 17.6. The molecular weight excluding hydrogens is 409 g/mol. The van der Waals surface area contributed by atoms with Crippen LogP contribution in [0.1, 0.15) is 58.2 Å². The summed E-state index contributed by atoms with van der Waals surface area (Å²) in [6.45, 7) is -0.564. The molecule has 1 aliphatic heterocycles. The van der Waals surface area contributed by atoms with E-state index in [2.05, 4.69) is 0 Å². The number of aliphatic hydroxyl groups excluding tert-OH is 4. The first-order valence-electron chi connectivity index (χ1n) is 11.0. The highest BCUT2D eigenvalue weighted by Crippen LogP contribution is 2.45. The number of benzene rings is 2. The SMILES string of the molecule is [B]C1([B])Cc2ccc(Cc3cc([C@@H]4O[C@H](CO)[C@@H](O)[C@H](O)[C@H]4O)c(F)cc3C3CC3)cc21. The Morgan fingerprint density at radius 3 is 2.41 bits per heavy atom. The molecule has 0 aromatic heterocycles. The van der Waals surface area contributed by atoms with Crippen molar-refractivity contribution in [2.75, 3.05) is 6.61 Å². The van der Waals surface area contributed by atoms with E-state index in [-0.39, 0.29) is 11.5 Å². The summed E-state index contributed by atoms with van der Waals surface area (Å²) < 4.78 is 20.8. The maximum Gasteiger partial charge on any atom is 0.129 e. The van der Waals surface area contributed by atoms with E-state index in [0.717, 1.165) is 40.7 Å². The Labute approximate surface area is 189 Å². The molecule has 2 fully saturated rings. The lowest BCUT2D eigenvalue weighted by Gasteiger charge is -2.40. The Morgan fingerprint density at radius 2 is 1.75 bits per heavy atom. The van der Waals surface area contributed by atoms with E-state index in [1.165, 1.54) is 6.07 Å². The summed E-state index contributed by atoms with van der Waals surface area (Å²) in [6.07, 6.45) is -3.76. The highest BCUT2D eigenvalue weighted by atomic mass is 19.1. The van der Waals surface area contributed by atoms with Gasteiger partial charge >= 0.3 is 0 Å². The van der Waals surface area contributed by atoms with Crippen LogP contribution in [0.15, 0.2) is 30.3 Å². The van der Waals surface area contributed by atoms with Crippen LogP contribution in [0.4, 0.5) is 4.39 Å². The van der Waals surface area contributed by atoms with Gasteiger partial charge in [-0.15, -0.1) is 0 Å². The highest BCUT2D eigenvalue weighted by Gasteiger charge is 2.45. The van der Waals surface area contributed by atoms with Crippen molar-refractivity contribution in [3.63, 3.8) is 0 Å². The van der Waals surface area contributed by atoms with Gasteiger partial charge in [-0.2, -0.15) is 0 Å². The first-order chi connectivity index (χ1) is 15.2. The van der Waals surface area contributed by atoms with Crippen LogP contribution in [-0.2, 0) is 22.8 Å². The molecule has 5 atom stereocenters. The lowest BCUT2D eigenvalue weighted by atomic mass is 9.42. The van der Waals surface area contributed by atoms with Crippen molar-refractivity contribution < 1.29 is 29.6 Å². The standard InChI is InChI=1S/C24H25B2FO5/c25-24(26)9-13-2-1-11(6-17(13)24)5-14-7-16(18(27)8-15(14)12-3-4-12)23-22(31)21(30)20(29)19(10-28)32-23/h1-2,6-8,12,19-23,28-31H,3-5,9-10H2/t19-,20-,21+,22-,23+/m1/s1. The Morgan fingerprint density at radius 1 is 1.00 bits per heavy atom. The van der Waals surface area contributed by atoms with Crippen molar-refractivity contribution in [3.05, 3.63) is 69.5 Å². The van der Waals surface area contributed by atoms with Crippen LogP contribution in [0.25, 0.3) is 0 Å². The molecule has 5 rings (SSSR count). The summed E-state index contributed by atoms with van der Waals surface area (Å²) in [4.78, 5) is 0. The minimum atomic E-state index is -1.56. The highest BCUT2D eigenvalue weighted by molar-refractivity contribution is 6.41. The lowest BCUT2D eigenvalue weighted by Crippen LogP contribution is -2.55. The monoisotopic (exact) mass is 434 g/mol. The molecule has 1 saturated heterocycles. The molecule has 4 N–H and O–H groups in total. The maximum atomic E-state index is 15.2. The van der Waals surface area contributed by atoms with Gasteiger partial charge in [-0.3, -0.25) is 0 Å². The van der Waals surface area contributed by atoms with E-state index in [1.54, 1.807) is 6.07 Å². The van der Waals surface area contributed by atoms with Gasteiger partial charge in [-0.05, 0) is 66.0 Å². The summed E-state index contributed by atoms with van der Waals surface area (Å²) >= 11 is 0. The van der Waals surface area contributed by atoms with E-state index in [1.807, 2.05) is 18.2 Å². The minimum Gasteiger partial charge on any atom is -0.394 e. The van der Waals surface area contributed by atoms with E-state index in [4.69, 9.17) is 20.4 Å². The molecule has 0 spiro atoms. The second-order valence-corrected chi connectivity index (χ2v) is 9.48. The van der Waals surface area contributed by atoms with Gasteiger partial charge in [0.25, 0.3) is 0 Å². The van der Waals surface area contributed by atoms with E-state index < -0.39 is 48.2 Å². The molecule has 1 heterocycles. The predicted octanol–water partition coefficient (Wildman–Crippen LogP) is 0.855. The van der Waals surface area contributed by atoms with E-state index in [0.29, 0.717) is 12.8 Å². The van der Waals surface area contributed by atoms with Gasteiger partial charge in [0.15, 0.2) is 0 Å². The van der Waals surface area contributed by atoms with Gasteiger partial charge in [-0.25, -0.2) is 4.39 Å². The number of hydrogen-bond acceptors (Lipinski definition) is 5.